The molecule has 1 saturated carbocycles. The van der Waals surface area contributed by atoms with E-state index in [9.17, 15) is 13.6 Å². The molecule has 4 rings (SSSR count). The smallest absolute Gasteiger partial charge is 0.248 e. The van der Waals surface area contributed by atoms with Crippen molar-refractivity contribution in [2.75, 3.05) is 24.6 Å². The van der Waals surface area contributed by atoms with Gasteiger partial charge in [-0.25, -0.2) is 13.8 Å². The van der Waals surface area contributed by atoms with Gasteiger partial charge in [-0.1, -0.05) is 6.92 Å². The van der Waals surface area contributed by atoms with Crippen molar-refractivity contribution in [1.29, 1.82) is 5.26 Å². The predicted molar refractivity (Wildman–Crippen MR) is 115 cm³/mol. The SMILES string of the molecule is CCC1CN(C(=O)COC2(c3cc(F)cc(F)c3)CC2)CC(C)N1c1ccc(C#N)cn1. The number of nitriles is 1. The lowest BCUT2D eigenvalue weighted by atomic mass is 10.0. The van der Waals surface area contributed by atoms with Crippen molar-refractivity contribution in [2.45, 2.75) is 50.8 Å². The number of anilines is 1. The summed E-state index contributed by atoms with van der Waals surface area (Å²) in [6, 6.07) is 9.16. The number of benzene rings is 1. The van der Waals surface area contributed by atoms with Crippen LogP contribution in [0, 0.1) is 23.0 Å². The van der Waals surface area contributed by atoms with Crippen LogP contribution in [0.4, 0.5) is 14.6 Å². The highest BCUT2D eigenvalue weighted by atomic mass is 19.1. The number of aromatic nitrogens is 1. The molecule has 2 aromatic rings. The van der Waals surface area contributed by atoms with Gasteiger partial charge in [0.1, 0.15) is 30.1 Å². The zero-order valence-electron chi connectivity index (χ0n) is 18.2. The summed E-state index contributed by atoms with van der Waals surface area (Å²) in [5, 5.41) is 9.00. The molecule has 2 fully saturated rings. The van der Waals surface area contributed by atoms with Crippen molar-refractivity contribution in [2.24, 2.45) is 0 Å². The molecule has 168 valence electrons. The molecule has 8 heteroatoms. The summed E-state index contributed by atoms with van der Waals surface area (Å²) in [5.41, 5.74) is 0.176. The Morgan fingerprint density at radius 1 is 1.25 bits per heavy atom. The first kappa shape index (κ1) is 22.2. The second kappa shape index (κ2) is 8.83. The van der Waals surface area contributed by atoms with Crippen LogP contribution in [0.5, 0.6) is 0 Å². The third-order valence-electron chi connectivity index (χ3n) is 6.31. The molecule has 1 aliphatic carbocycles. The maximum atomic E-state index is 13.6. The van der Waals surface area contributed by atoms with Crippen molar-refractivity contribution in [3.63, 3.8) is 0 Å². The Morgan fingerprint density at radius 2 is 1.97 bits per heavy atom. The van der Waals surface area contributed by atoms with Gasteiger partial charge in [-0.3, -0.25) is 4.79 Å². The quantitative estimate of drug-likeness (QED) is 0.684. The summed E-state index contributed by atoms with van der Waals surface area (Å²) in [7, 11) is 0. The summed E-state index contributed by atoms with van der Waals surface area (Å²) < 4.78 is 33.2. The molecule has 6 nitrogen and oxygen atoms in total. The van der Waals surface area contributed by atoms with Crippen LogP contribution in [0.3, 0.4) is 0 Å². The van der Waals surface area contributed by atoms with Gasteiger partial charge >= 0.3 is 0 Å². The topological polar surface area (TPSA) is 69.5 Å². The predicted octanol–water partition coefficient (Wildman–Crippen LogP) is 3.75. The third-order valence-corrected chi connectivity index (χ3v) is 6.31. The minimum absolute atomic E-state index is 0.0327. The lowest BCUT2D eigenvalue weighted by Gasteiger charge is -2.46. The van der Waals surface area contributed by atoms with Crippen LogP contribution >= 0.6 is 0 Å². The first-order valence-electron chi connectivity index (χ1n) is 10.9. The molecule has 32 heavy (non-hydrogen) atoms. The zero-order valence-corrected chi connectivity index (χ0v) is 18.2. The lowest BCUT2D eigenvalue weighted by molar-refractivity contribution is -0.140. The van der Waals surface area contributed by atoms with Gasteiger partial charge in [-0.05, 0) is 56.0 Å². The lowest BCUT2D eigenvalue weighted by Crippen LogP contribution is -2.60. The summed E-state index contributed by atoms with van der Waals surface area (Å²) >= 11 is 0. The van der Waals surface area contributed by atoms with E-state index in [-0.39, 0.29) is 24.6 Å². The van der Waals surface area contributed by atoms with Gasteiger partial charge in [0.25, 0.3) is 0 Å². The normalized spacial score (nSPS) is 21.8. The third kappa shape index (κ3) is 4.44. The van der Waals surface area contributed by atoms with E-state index in [1.165, 1.54) is 12.1 Å². The maximum Gasteiger partial charge on any atom is 0.248 e. The number of carbonyl (C=O) groups excluding carboxylic acids is 1. The zero-order chi connectivity index (χ0) is 22.9. The van der Waals surface area contributed by atoms with E-state index in [1.807, 2.05) is 13.0 Å². The molecule has 0 radical (unpaired) electrons. The fourth-order valence-corrected chi connectivity index (χ4v) is 4.47. The Bertz CT molecular complexity index is 1010. The van der Waals surface area contributed by atoms with Gasteiger partial charge < -0.3 is 14.5 Å². The van der Waals surface area contributed by atoms with Crippen molar-refractivity contribution in [3.8, 4) is 6.07 Å². The number of carbonyl (C=O) groups is 1. The number of pyridine rings is 1. The van der Waals surface area contributed by atoms with E-state index in [0.29, 0.717) is 37.1 Å². The van der Waals surface area contributed by atoms with Gasteiger partial charge in [0.05, 0.1) is 11.2 Å². The van der Waals surface area contributed by atoms with E-state index >= 15 is 0 Å². The van der Waals surface area contributed by atoms with Gasteiger partial charge in [-0.15, -0.1) is 0 Å². The molecule has 2 aliphatic rings. The molecule has 1 aromatic heterocycles. The highest BCUT2D eigenvalue weighted by Crippen LogP contribution is 2.49. The molecular weight excluding hydrogens is 414 g/mol. The van der Waals surface area contributed by atoms with Crippen molar-refractivity contribution < 1.29 is 18.3 Å². The fourth-order valence-electron chi connectivity index (χ4n) is 4.47. The van der Waals surface area contributed by atoms with E-state index in [4.69, 9.17) is 10.00 Å². The van der Waals surface area contributed by atoms with Crippen LogP contribution in [0.2, 0.25) is 0 Å². The molecule has 2 atom stereocenters. The van der Waals surface area contributed by atoms with Crippen molar-refractivity contribution >= 4 is 11.7 Å². The number of nitrogens with zero attached hydrogens (tertiary/aromatic N) is 4. The summed E-state index contributed by atoms with van der Waals surface area (Å²) in [6.45, 7) is 5.03. The van der Waals surface area contributed by atoms with Crippen LogP contribution in [0.15, 0.2) is 36.5 Å². The van der Waals surface area contributed by atoms with Crippen LogP contribution < -0.4 is 4.90 Å². The summed E-state index contributed by atoms with van der Waals surface area (Å²) in [5.74, 6) is -0.635. The van der Waals surface area contributed by atoms with Crippen LogP contribution in [0.1, 0.15) is 44.2 Å². The highest BCUT2D eigenvalue weighted by molar-refractivity contribution is 5.78. The molecule has 1 aliphatic heterocycles. The van der Waals surface area contributed by atoms with Crippen LogP contribution in [-0.2, 0) is 15.1 Å². The highest BCUT2D eigenvalue weighted by Gasteiger charge is 2.47. The first-order valence-corrected chi connectivity index (χ1v) is 10.9. The van der Waals surface area contributed by atoms with Crippen molar-refractivity contribution in [1.82, 2.24) is 9.88 Å². The molecular formula is C24H26F2N4O2. The molecule has 0 N–H and O–H groups in total. The molecule has 1 saturated heterocycles. The van der Waals surface area contributed by atoms with Gasteiger partial charge in [0.2, 0.25) is 5.91 Å². The number of rotatable bonds is 6. The second-order valence-corrected chi connectivity index (χ2v) is 8.58. The van der Waals surface area contributed by atoms with Gasteiger partial charge in [0.15, 0.2) is 0 Å². The average molecular weight is 440 g/mol. The van der Waals surface area contributed by atoms with Crippen molar-refractivity contribution in [3.05, 3.63) is 59.3 Å². The Labute approximate surface area is 186 Å². The average Bonchev–Trinajstić information content (AvgIpc) is 3.57. The molecule has 1 amide bonds. The number of hydrogen-bond acceptors (Lipinski definition) is 5. The van der Waals surface area contributed by atoms with E-state index in [0.717, 1.165) is 18.3 Å². The Balaban J connectivity index is 1.41. The molecule has 0 spiro atoms. The molecule has 2 heterocycles. The van der Waals surface area contributed by atoms with E-state index < -0.39 is 17.2 Å². The number of amides is 1. The van der Waals surface area contributed by atoms with Crippen LogP contribution in [-0.4, -0.2) is 47.6 Å². The number of piperazine rings is 1. The standard InChI is InChI=1S/C24H26F2N4O2/c1-3-21-14-29(13-16(2)30(21)22-5-4-17(11-27)12-28-22)23(31)15-32-24(6-7-24)18-8-19(25)10-20(26)9-18/h4-5,8-10,12,16,21H,3,6-7,13-15H2,1-2H3. The van der Waals surface area contributed by atoms with Gasteiger partial charge in [0, 0.05) is 37.4 Å². The Morgan fingerprint density at radius 3 is 2.53 bits per heavy atom. The van der Waals surface area contributed by atoms with E-state index in [2.05, 4.69) is 22.9 Å². The number of hydrogen-bond donors (Lipinski definition) is 0. The second-order valence-electron chi connectivity index (χ2n) is 8.58. The largest absolute Gasteiger partial charge is 0.360 e. The molecule has 0 bridgehead atoms. The number of ether oxygens (including phenoxy) is 1. The molecule has 2 unspecified atom stereocenters. The summed E-state index contributed by atoms with van der Waals surface area (Å²) in [6.07, 6.45) is 3.65. The van der Waals surface area contributed by atoms with E-state index in [1.54, 1.807) is 17.2 Å². The monoisotopic (exact) mass is 440 g/mol. The molecule has 1 aromatic carbocycles. The number of halogens is 2. The minimum Gasteiger partial charge on any atom is -0.360 e. The van der Waals surface area contributed by atoms with Gasteiger partial charge in [-0.2, -0.15) is 5.26 Å². The maximum absolute atomic E-state index is 13.6. The minimum atomic E-state index is -0.775. The Hall–Kier alpha value is -3.05. The first-order chi connectivity index (χ1) is 15.3. The Kier molecular flexibility index (Phi) is 6.11. The summed E-state index contributed by atoms with van der Waals surface area (Å²) in [4.78, 5) is 21.4. The fraction of sp³-hybridized carbons (Fsp3) is 0.458. The van der Waals surface area contributed by atoms with Crippen LogP contribution in [0.25, 0.3) is 0 Å².